The molecule has 0 amide bonds. The average molecular weight is 657 g/mol. The minimum Gasteiger partial charge on any atom is -0.508 e. The number of likely N-dealkylation sites (N-methyl/N-ethyl adjacent to an activating group) is 1. The molecule has 1 saturated carbocycles. The number of halogens is 3. The van der Waals surface area contributed by atoms with E-state index in [4.69, 9.17) is 16.1 Å². The highest BCUT2D eigenvalue weighted by atomic mass is 19.1. The third-order valence-electron chi connectivity index (χ3n) is 10.8. The largest absolute Gasteiger partial charge is 0.508 e. The normalized spacial score (nSPS) is 23.4. The van der Waals surface area contributed by atoms with Gasteiger partial charge in [0.05, 0.1) is 17.7 Å². The summed E-state index contributed by atoms with van der Waals surface area (Å²) in [6.45, 7) is 4.65. The second-order valence-electron chi connectivity index (χ2n) is 14.4. The molecule has 0 radical (unpaired) electrons. The van der Waals surface area contributed by atoms with Gasteiger partial charge in [0.2, 0.25) is 0 Å². The lowest BCUT2D eigenvalue weighted by Gasteiger charge is -2.34. The Morgan fingerprint density at radius 2 is 1.81 bits per heavy atom. The van der Waals surface area contributed by atoms with Gasteiger partial charge in [-0.2, -0.15) is 9.97 Å². The molecule has 250 valence electrons. The maximum Gasteiger partial charge on any atom is 0.319 e. The summed E-state index contributed by atoms with van der Waals surface area (Å²) in [6, 6.07) is 7.51. The van der Waals surface area contributed by atoms with Gasteiger partial charge in [0.25, 0.3) is 0 Å². The van der Waals surface area contributed by atoms with Gasteiger partial charge in [-0.3, -0.25) is 0 Å². The van der Waals surface area contributed by atoms with Gasteiger partial charge >= 0.3 is 6.01 Å². The molecule has 3 aromatic carbocycles. The van der Waals surface area contributed by atoms with E-state index < -0.39 is 23.0 Å². The summed E-state index contributed by atoms with van der Waals surface area (Å²) >= 11 is 0. The number of nitrogens with zero attached hydrogens (tertiary/aromatic N) is 5. The van der Waals surface area contributed by atoms with Gasteiger partial charge in [-0.1, -0.05) is 12.0 Å². The topological polar surface area (TPSA) is 77.0 Å². The molecule has 3 saturated heterocycles. The number of hydrogen-bond acceptors (Lipinski definition) is 8. The van der Waals surface area contributed by atoms with Crippen molar-refractivity contribution < 1.29 is 23.0 Å². The highest BCUT2D eigenvalue weighted by molar-refractivity contribution is 6.04. The van der Waals surface area contributed by atoms with Gasteiger partial charge < -0.3 is 29.9 Å². The molecule has 1 aliphatic carbocycles. The molecular formula is C37H39F3N6O2. The molecule has 0 spiro atoms. The Kier molecular flexibility index (Phi) is 7.66. The lowest BCUT2D eigenvalue weighted by atomic mass is 9.92. The number of likely N-dealkylation sites (tertiary alicyclic amines) is 1. The van der Waals surface area contributed by atoms with Crippen molar-refractivity contribution in [2.75, 3.05) is 58.3 Å². The molecule has 2 unspecified atom stereocenters. The van der Waals surface area contributed by atoms with Crippen molar-refractivity contribution in [3.05, 3.63) is 53.3 Å². The summed E-state index contributed by atoms with van der Waals surface area (Å²) in [5.74, 6) is -0.0401. The van der Waals surface area contributed by atoms with Crippen LogP contribution in [0.15, 0.2) is 30.3 Å². The van der Waals surface area contributed by atoms with E-state index in [1.54, 1.807) is 0 Å². The number of phenolic OH excluding ortho intramolecular Hbond substituents is 1. The number of anilines is 1. The first-order valence-electron chi connectivity index (χ1n) is 16.8. The van der Waals surface area contributed by atoms with Crippen molar-refractivity contribution >= 4 is 27.5 Å². The number of rotatable bonds is 8. The van der Waals surface area contributed by atoms with E-state index in [1.165, 1.54) is 30.3 Å². The smallest absolute Gasteiger partial charge is 0.319 e. The van der Waals surface area contributed by atoms with Crippen LogP contribution in [0.1, 0.15) is 37.7 Å². The van der Waals surface area contributed by atoms with Crippen LogP contribution >= 0.6 is 0 Å². The molecule has 3 atom stereocenters. The van der Waals surface area contributed by atoms with E-state index >= 15 is 8.78 Å². The Hall–Kier alpha value is -4.11. The fourth-order valence-corrected chi connectivity index (χ4v) is 8.04. The molecule has 1 aromatic heterocycles. The van der Waals surface area contributed by atoms with Gasteiger partial charge in [-0.15, -0.1) is 6.42 Å². The quantitative estimate of drug-likeness (QED) is 0.248. The Labute approximate surface area is 277 Å². The molecular weight excluding hydrogens is 617 g/mol. The maximum atomic E-state index is 16.9. The first kappa shape index (κ1) is 31.2. The third kappa shape index (κ3) is 5.50. The van der Waals surface area contributed by atoms with Gasteiger partial charge in [-0.25, -0.2) is 13.2 Å². The lowest BCUT2D eigenvalue weighted by Crippen LogP contribution is -2.51. The first-order chi connectivity index (χ1) is 23.1. The van der Waals surface area contributed by atoms with Gasteiger partial charge in [0.1, 0.15) is 28.7 Å². The van der Waals surface area contributed by atoms with Gasteiger partial charge in [-0.05, 0) is 82.4 Å². The second-order valence-corrected chi connectivity index (χ2v) is 14.4. The summed E-state index contributed by atoms with van der Waals surface area (Å²) in [5, 5.41) is 14.9. The monoisotopic (exact) mass is 656 g/mol. The average Bonchev–Trinajstić information content (AvgIpc) is 3.51. The summed E-state index contributed by atoms with van der Waals surface area (Å²) in [4.78, 5) is 16.2. The summed E-state index contributed by atoms with van der Waals surface area (Å²) in [7, 11) is 4.24. The van der Waals surface area contributed by atoms with Crippen molar-refractivity contribution in [3.63, 3.8) is 0 Å². The van der Waals surface area contributed by atoms with Gasteiger partial charge in [0, 0.05) is 66.1 Å². The lowest BCUT2D eigenvalue weighted by molar-refractivity contribution is 0.164. The number of aromatic nitrogens is 2. The van der Waals surface area contributed by atoms with Crippen LogP contribution in [-0.4, -0.2) is 96.4 Å². The van der Waals surface area contributed by atoms with Crippen LogP contribution in [0.25, 0.3) is 32.8 Å². The van der Waals surface area contributed by atoms with E-state index in [9.17, 15) is 9.50 Å². The molecule has 11 heteroatoms. The van der Waals surface area contributed by atoms with Crippen molar-refractivity contribution in [2.45, 2.75) is 50.2 Å². The predicted octanol–water partition coefficient (Wildman–Crippen LogP) is 5.29. The number of aromatic hydroxyl groups is 1. The van der Waals surface area contributed by atoms with E-state index in [1.807, 2.05) is 0 Å². The van der Waals surface area contributed by atoms with Crippen LogP contribution in [0.2, 0.25) is 0 Å². The number of terminal acetylenes is 1. The van der Waals surface area contributed by atoms with Crippen LogP contribution in [0, 0.1) is 35.2 Å². The number of ether oxygens (including phenoxy) is 1. The number of fused-ring (bicyclic) bond motifs is 4. The summed E-state index contributed by atoms with van der Waals surface area (Å²) in [6.07, 6.45) is 10.9. The number of piperazine rings is 1. The first-order valence-corrected chi connectivity index (χ1v) is 16.8. The Morgan fingerprint density at radius 1 is 1.04 bits per heavy atom. The predicted molar refractivity (Wildman–Crippen MR) is 180 cm³/mol. The zero-order valence-corrected chi connectivity index (χ0v) is 27.2. The van der Waals surface area contributed by atoms with E-state index in [0.717, 1.165) is 51.7 Å². The standard InChI is InChI=1S/C37H39F3N6O2/c1-4-26-29(38)8-5-21-13-25(47)14-27(31(21)26)32-30(39)15-28-34(33(32)40)42-36(43-35(28)46-16-22-6-7-23(17-46)41-22)48-20-37(10-11-37)19-45-12-9-24(18-45)44(2)3/h1,5,8,13-15,22-24,41,47H,6-7,9-12,16-20H2,2-3H3/t22?,23?,24-/m0/s1. The number of hydrogen-bond donors (Lipinski definition) is 2. The van der Waals surface area contributed by atoms with Crippen LogP contribution < -0.4 is 15.0 Å². The maximum absolute atomic E-state index is 16.9. The van der Waals surface area contributed by atoms with Gasteiger partial charge in [0.15, 0.2) is 5.82 Å². The molecule has 3 aliphatic heterocycles. The zero-order valence-electron chi connectivity index (χ0n) is 27.2. The fraction of sp³-hybridized carbons (Fsp3) is 0.459. The molecule has 8 nitrogen and oxygen atoms in total. The van der Waals surface area contributed by atoms with Crippen molar-refractivity contribution in [1.82, 2.24) is 25.1 Å². The number of nitrogens with one attached hydrogen (secondary N) is 1. The highest BCUT2D eigenvalue weighted by Crippen LogP contribution is 2.47. The van der Waals surface area contributed by atoms with Crippen LogP contribution in [0.4, 0.5) is 19.0 Å². The Morgan fingerprint density at radius 3 is 2.50 bits per heavy atom. The van der Waals surface area contributed by atoms with E-state index in [2.05, 4.69) is 45.0 Å². The van der Waals surface area contributed by atoms with E-state index in [0.29, 0.717) is 36.9 Å². The molecule has 4 heterocycles. The van der Waals surface area contributed by atoms with Crippen LogP contribution in [0.3, 0.4) is 0 Å². The van der Waals surface area contributed by atoms with Crippen LogP contribution in [0.5, 0.6) is 11.8 Å². The second kappa shape index (κ2) is 11.8. The Balaban J connectivity index is 1.21. The fourth-order valence-electron chi connectivity index (χ4n) is 8.04. The summed E-state index contributed by atoms with van der Waals surface area (Å²) < 4.78 is 54.4. The minimum atomic E-state index is -0.955. The SMILES string of the molecule is C#Cc1c(F)ccc2cc(O)cc(-c3c(F)cc4c(N5CC6CCC(C5)N6)nc(OCC5(CN6CC[C@H](N(C)C)C6)CC5)nc4c3F)c12. The van der Waals surface area contributed by atoms with Crippen LogP contribution in [-0.2, 0) is 0 Å². The number of phenols is 1. The van der Waals surface area contributed by atoms with Crippen molar-refractivity contribution in [2.24, 2.45) is 5.41 Å². The molecule has 2 bridgehead atoms. The Bertz CT molecular complexity index is 1960. The molecule has 8 rings (SSSR count). The summed E-state index contributed by atoms with van der Waals surface area (Å²) in [5.41, 5.74) is -0.781. The molecule has 4 aromatic rings. The molecule has 48 heavy (non-hydrogen) atoms. The minimum absolute atomic E-state index is 0.0173. The van der Waals surface area contributed by atoms with Crippen molar-refractivity contribution in [3.8, 4) is 35.2 Å². The molecule has 4 aliphatic rings. The van der Waals surface area contributed by atoms with Crippen molar-refractivity contribution in [1.29, 1.82) is 0 Å². The molecule has 2 N–H and O–H groups in total. The molecule has 4 fully saturated rings. The van der Waals surface area contributed by atoms with E-state index in [-0.39, 0.29) is 56.7 Å². The highest BCUT2D eigenvalue weighted by Gasteiger charge is 2.46. The third-order valence-corrected chi connectivity index (χ3v) is 10.8. The number of benzene rings is 3. The zero-order chi connectivity index (χ0) is 33.3.